The molecule has 3 aromatic carbocycles. The third-order valence-corrected chi connectivity index (χ3v) is 6.21. The van der Waals surface area contributed by atoms with E-state index in [0.717, 1.165) is 32.1 Å². The highest BCUT2D eigenvalue weighted by Crippen LogP contribution is 2.27. The molecule has 0 spiro atoms. The predicted molar refractivity (Wildman–Crippen MR) is 123 cm³/mol. The second-order valence-electron chi connectivity index (χ2n) is 6.79. The number of nitrogens with zero attached hydrogens (tertiary/aromatic N) is 3. The smallest absolute Gasteiger partial charge is 0.231 e. The van der Waals surface area contributed by atoms with E-state index in [1.165, 1.54) is 0 Å². The number of anilines is 1. The Balaban J connectivity index is 1.46. The van der Waals surface area contributed by atoms with Gasteiger partial charge in [0.25, 0.3) is 0 Å². The van der Waals surface area contributed by atoms with Gasteiger partial charge in [0.05, 0.1) is 6.42 Å². The summed E-state index contributed by atoms with van der Waals surface area (Å²) in [6.45, 7) is 2.66. The lowest BCUT2D eigenvalue weighted by atomic mass is 10.0. The molecule has 0 bridgehead atoms. The highest BCUT2D eigenvalue weighted by atomic mass is 35.5. The van der Waals surface area contributed by atoms with Gasteiger partial charge in [-0.05, 0) is 34.9 Å². The summed E-state index contributed by atoms with van der Waals surface area (Å²) in [6.07, 6.45) is 0.278. The van der Waals surface area contributed by atoms with Crippen LogP contribution in [-0.4, -0.2) is 20.7 Å². The molecule has 0 radical (unpaired) electrons. The van der Waals surface area contributed by atoms with Gasteiger partial charge in [-0.25, -0.2) is 0 Å². The molecule has 1 amide bonds. The number of carbonyl (C=O) groups excluding carboxylic acids is 1. The minimum Gasteiger partial charge on any atom is -0.294 e. The van der Waals surface area contributed by atoms with Crippen molar-refractivity contribution in [2.24, 2.45) is 0 Å². The number of hydrogen-bond acceptors (Lipinski definition) is 4. The molecule has 0 aliphatic carbocycles. The largest absolute Gasteiger partial charge is 0.294 e. The van der Waals surface area contributed by atoms with Crippen LogP contribution in [0.25, 0.3) is 10.8 Å². The molecule has 0 saturated carbocycles. The molecule has 0 aliphatic heterocycles. The zero-order valence-electron chi connectivity index (χ0n) is 16.5. The quantitative estimate of drug-likeness (QED) is 0.384. The number of fused-ring (bicyclic) bond motifs is 1. The van der Waals surface area contributed by atoms with Crippen molar-refractivity contribution in [1.82, 2.24) is 14.8 Å². The van der Waals surface area contributed by atoms with Gasteiger partial charge in [-0.1, -0.05) is 84.0 Å². The Morgan fingerprint density at radius 3 is 2.57 bits per heavy atom. The van der Waals surface area contributed by atoms with E-state index in [2.05, 4.69) is 15.5 Å². The average molecular weight is 437 g/mol. The first-order valence-electron chi connectivity index (χ1n) is 9.71. The number of benzene rings is 3. The van der Waals surface area contributed by atoms with Crippen LogP contribution < -0.4 is 5.32 Å². The van der Waals surface area contributed by atoms with Crippen molar-refractivity contribution in [1.29, 1.82) is 0 Å². The van der Waals surface area contributed by atoms with Gasteiger partial charge in [0, 0.05) is 17.3 Å². The number of carbonyl (C=O) groups is 1. The summed E-state index contributed by atoms with van der Waals surface area (Å²) in [5.74, 6) is 1.03. The van der Waals surface area contributed by atoms with Crippen LogP contribution >= 0.6 is 23.4 Å². The van der Waals surface area contributed by atoms with Crippen LogP contribution in [0.15, 0.2) is 71.9 Å². The molecule has 0 unspecified atom stereocenters. The van der Waals surface area contributed by atoms with E-state index in [4.69, 9.17) is 11.6 Å². The molecular formula is C23H21ClN4OS. The maximum Gasteiger partial charge on any atom is 0.231 e. The predicted octanol–water partition coefficient (Wildman–Crippen LogP) is 5.58. The third-order valence-electron chi connectivity index (χ3n) is 4.83. The summed E-state index contributed by atoms with van der Waals surface area (Å²) in [4.78, 5) is 12.7. The minimum absolute atomic E-state index is 0.115. The van der Waals surface area contributed by atoms with Gasteiger partial charge < -0.3 is 0 Å². The zero-order chi connectivity index (χ0) is 20.9. The van der Waals surface area contributed by atoms with Crippen molar-refractivity contribution in [2.75, 3.05) is 5.32 Å². The standard InChI is InChI=1S/C23H21ClN4OS/c1-2-28-22(26-27-23(28)30-15-18-9-4-6-13-20(18)24)25-21(29)14-17-11-7-10-16-8-3-5-12-19(16)17/h3-13H,2,14-15H2,1H3,(H,25,26,29). The maximum absolute atomic E-state index is 12.7. The molecule has 1 aromatic heterocycles. The molecule has 0 atom stereocenters. The van der Waals surface area contributed by atoms with Crippen molar-refractivity contribution >= 4 is 46.0 Å². The number of amides is 1. The Morgan fingerprint density at radius 1 is 1.00 bits per heavy atom. The van der Waals surface area contributed by atoms with E-state index >= 15 is 0 Å². The van der Waals surface area contributed by atoms with E-state index in [1.54, 1.807) is 11.8 Å². The van der Waals surface area contributed by atoms with Crippen molar-refractivity contribution < 1.29 is 4.79 Å². The second kappa shape index (κ2) is 9.32. The van der Waals surface area contributed by atoms with Gasteiger partial charge in [-0.15, -0.1) is 10.2 Å². The summed E-state index contributed by atoms with van der Waals surface area (Å²) >= 11 is 7.79. The fourth-order valence-electron chi connectivity index (χ4n) is 3.32. The summed E-state index contributed by atoms with van der Waals surface area (Å²) in [7, 11) is 0. The Bertz CT molecular complexity index is 1190. The molecule has 1 heterocycles. The fourth-order valence-corrected chi connectivity index (χ4v) is 4.61. The van der Waals surface area contributed by atoms with Crippen LogP contribution in [0.2, 0.25) is 5.02 Å². The average Bonchev–Trinajstić information content (AvgIpc) is 3.14. The lowest BCUT2D eigenvalue weighted by Gasteiger charge is -2.10. The van der Waals surface area contributed by atoms with Crippen molar-refractivity contribution in [3.05, 3.63) is 82.9 Å². The molecule has 7 heteroatoms. The summed E-state index contributed by atoms with van der Waals surface area (Å²) in [5.41, 5.74) is 2.03. The molecule has 30 heavy (non-hydrogen) atoms. The van der Waals surface area contributed by atoms with Gasteiger partial charge in [-0.3, -0.25) is 14.7 Å². The lowest BCUT2D eigenvalue weighted by Crippen LogP contribution is -2.18. The first-order valence-corrected chi connectivity index (χ1v) is 11.1. The lowest BCUT2D eigenvalue weighted by molar-refractivity contribution is -0.115. The normalized spacial score (nSPS) is 11.0. The van der Waals surface area contributed by atoms with Gasteiger partial charge in [0.1, 0.15) is 0 Å². The molecule has 1 N–H and O–H groups in total. The topological polar surface area (TPSA) is 59.8 Å². The molecule has 0 aliphatic rings. The second-order valence-corrected chi connectivity index (χ2v) is 8.14. The number of rotatable bonds is 7. The highest BCUT2D eigenvalue weighted by Gasteiger charge is 2.15. The number of hydrogen-bond donors (Lipinski definition) is 1. The van der Waals surface area contributed by atoms with Crippen molar-refractivity contribution in [2.45, 2.75) is 30.8 Å². The van der Waals surface area contributed by atoms with E-state index in [0.29, 0.717) is 18.2 Å². The fraction of sp³-hybridized carbons (Fsp3) is 0.174. The molecule has 0 saturated heterocycles. The van der Waals surface area contributed by atoms with E-state index in [9.17, 15) is 4.79 Å². The van der Waals surface area contributed by atoms with E-state index in [-0.39, 0.29) is 12.3 Å². The van der Waals surface area contributed by atoms with Crippen molar-refractivity contribution in [3.63, 3.8) is 0 Å². The first-order chi connectivity index (χ1) is 14.7. The number of nitrogens with one attached hydrogen (secondary N) is 1. The maximum atomic E-state index is 12.7. The Kier molecular flexibility index (Phi) is 6.35. The summed E-state index contributed by atoms with van der Waals surface area (Å²) in [5, 5.41) is 15.1. The van der Waals surface area contributed by atoms with Crippen LogP contribution in [0.3, 0.4) is 0 Å². The first kappa shape index (κ1) is 20.4. The summed E-state index contributed by atoms with van der Waals surface area (Å²) < 4.78 is 1.91. The van der Waals surface area contributed by atoms with Crippen LogP contribution in [0.1, 0.15) is 18.1 Å². The number of thioether (sulfide) groups is 1. The minimum atomic E-state index is -0.115. The van der Waals surface area contributed by atoms with E-state index in [1.807, 2.05) is 78.2 Å². The highest BCUT2D eigenvalue weighted by molar-refractivity contribution is 7.98. The van der Waals surface area contributed by atoms with Crippen LogP contribution in [0.4, 0.5) is 5.95 Å². The van der Waals surface area contributed by atoms with Gasteiger partial charge in [-0.2, -0.15) is 0 Å². The molecule has 0 fully saturated rings. The Hall–Kier alpha value is -2.83. The molecule has 4 rings (SSSR count). The molecule has 152 valence electrons. The zero-order valence-corrected chi connectivity index (χ0v) is 18.1. The van der Waals surface area contributed by atoms with Gasteiger partial charge >= 0.3 is 0 Å². The number of aromatic nitrogens is 3. The van der Waals surface area contributed by atoms with Gasteiger partial charge in [0.2, 0.25) is 11.9 Å². The van der Waals surface area contributed by atoms with Crippen LogP contribution in [0.5, 0.6) is 0 Å². The SMILES string of the molecule is CCn1c(NC(=O)Cc2cccc3ccccc23)nnc1SCc1ccccc1Cl. The molecular weight excluding hydrogens is 416 g/mol. The summed E-state index contributed by atoms with van der Waals surface area (Å²) in [6, 6.07) is 21.8. The Morgan fingerprint density at radius 2 is 1.73 bits per heavy atom. The Labute approximate surface area is 184 Å². The molecule has 5 nitrogen and oxygen atoms in total. The van der Waals surface area contributed by atoms with Gasteiger partial charge in [0.15, 0.2) is 5.16 Å². The number of halogens is 1. The monoisotopic (exact) mass is 436 g/mol. The van der Waals surface area contributed by atoms with E-state index < -0.39 is 0 Å². The van der Waals surface area contributed by atoms with Crippen LogP contribution in [-0.2, 0) is 23.5 Å². The van der Waals surface area contributed by atoms with Crippen molar-refractivity contribution in [3.8, 4) is 0 Å². The van der Waals surface area contributed by atoms with Crippen LogP contribution in [0, 0.1) is 0 Å². The molecule has 4 aromatic rings. The third kappa shape index (κ3) is 4.50.